The van der Waals surface area contributed by atoms with Crippen molar-refractivity contribution in [3.63, 3.8) is 0 Å². The standard InChI is InChI=1S/C26H44O10/c1-23-7-6-17(29)24(2,12-35-21-20(32)19(31)18(30)14(10-27)36-21)15(23)5-8-25-9-13(3-4-16(23)25)26(34,11-28)22(25)33/h13-22,27-34H,3-12H2,1-2H3. The first-order chi connectivity index (χ1) is 16.9. The van der Waals surface area contributed by atoms with Gasteiger partial charge in [-0.25, -0.2) is 0 Å². The van der Waals surface area contributed by atoms with Gasteiger partial charge < -0.3 is 50.3 Å². The van der Waals surface area contributed by atoms with Gasteiger partial charge in [-0.2, -0.15) is 0 Å². The molecular formula is C26H44O10. The van der Waals surface area contributed by atoms with Gasteiger partial charge in [0.2, 0.25) is 0 Å². The second kappa shape index (κ2) is 9.08. The zero-order valence-corrected chi connectivity index (χ0v) is 21.2. The Labute approximate surface area is 211 Å². The van der Waals surface area contributed by atoms with Crippen molar-refractivity contribution in [3.05, 3.63) is 0 Å². The Balaban J connectivity index is 1.39. The molecule has 4 saturated carbocycles. The van der Waals surface area contributed by atoms with Gasteiger partial charge in [-0.3, -0.25) is 0 Å². The lowest BCUT2D eigenvalue weighted by Gasteiger charge is -2.65. The molecule has 0 amide bonds. The van der Waals surface area contributed by atoms with Crippen molar-refractivity contribution in [2.75, 3.05) is 19.8 Å². The van der Waals surface area contributed by atoms with Crippen LogP contribution in [0.2, 0.25) is 0 Å². The second-order valence-corrected chi connectivity index (χ2v) is 13.0. The molecule has 1 spiro atoms. The van der Waals surface area contributed by atoms with Crippen LogP contribution < -0.4 is 0 Å². The van der Waals surface area contributed by atoms with Crippen molar-refractivity contribution >= 4 is 0 Å². The molecule has 4 aliphatic carbocycles. The maximum Gasteiger partial charge on any atom is 0.186 e. The van der Waals surface area contributed by atoms with Crippen LogP contribution in [0.4, 0.5) is 0 Å². The van der Waals surface area contributed by atoms with Crippen LogP contribution in [0.3, 0.4) is 0 Å². The largest absolute Gasteiger partial charge is 0.394 e. The third-order valence-corrected chi connectivity index (χ3v) is 11.5. The quantitative estimate of drug-likeness (QED) is 0.223. The van der Waals surface area contributed by atoms with Crippen molar-refractivity contribution in [2.24, 2.45) is 34.0 Å². The van der Waals surface area contributed by atoms with Gasteiger partial charge in [-0.05, 0) is 68.1 Å². The maximum absolute atomic E-state index is 11.4. The Hall–Kier alpha value is -0.400. The molecule has 36 heavy (non-hydrogen) atoms. The highest BCUT2D eigenvalue weighted by atomic mass is 16.7. The van der Waals surface area contributed by atoms with E-state index < -0.39 is 72.6 Å². The van der Waals surface area contributed by atoms with Crippen molar-refractivity contribution < 1.29 is 50.3 Å². The average Bonchev–Trinajstić information content (AvgIpc) is 3.02. The Morgan fingerprint density at radius 2 is 1.58 bits per heavy atom. The lowest BCUT2D eigenvalue weighted by atomic mass is 9.40. The van der Waals surface area contributed by atoms with Crippen LogP contribution in [-0.2, 0) is 9.47 Å². The molecule has 8 N–H and O–H groups in total. The molecule has 10 nitrogen and oxygen atoms in total. The summed E-state index contributed by atoms with van der Waals surface area (Å²) in [5, 5.41) is 83.9. The van der Waals surface area contributed by atoms with E-state index in [0.29, 0.717) is 25.7 Å². The highest BCUT2D eigenvalue weighted by Gasteiger charge is 2.72. The monoisotopic (exact) mass is 516 g/mol. The van der Waals surface area contributed by atoms with Gasteiger partial charge in [0.1, 0.15) is 30.0 Å². The molecular weight excluding hydrogens is 472 g/mol. The number of rotatable bonds is 5. The predicted molar refractivity (Wildman–Crippen MR) is 125 cm³/mol. The van der Waals surface area contributed by atoms with E-state index in [-0.39, 0.29) is 29.8 Å². The fourth-order valence-corrected chi connectivity index (χ4v) is 9.51. The maximum atomic E-state index is 11.4. The summed E-state index contributed by atoms with van der Waals surface area (Å²) in [7, 11) is 0. The van der Waals surface area contributed by atoms with E-state index in [2.05, 4.69) is 6.92 Å². The molecule has 1 aliphatic heterocycles. The van der Waals surface area contributed by atoms with E-state index in [1.807, 2.05) is 6.92 Å². The van der Waals surface area contributed by atoms with Crippen molar-refractivity contribution in [2.45, 2.75) is 107 Å². The molecule has 14 atom stereocenters. The van der Waals surface area contributed by atoms with Crippen molar-refractivity contribution in [1.29, 1.82) is 0 Å². The minimum absolute atomic E-state index is 0.0285. The van der Waals surface area contributed by atoms with Gasteiger partial charge in [-0.1, -0.05) is 13.8 Å². The number of aliphatic hydroxyl groups is 8. The average molecular weight is 517 g/mol. The summed E-state index contributed by atoms with van der Waals surface area (Å²) in [6.45, 7) is 3.26. The first-order valence-corrected chi connectivity index (χ1v) is 13.5. The summed E-state index contributed by atoms with van der Waals surface area (Å²) < 4.78 is 11.5. The van der Waals surface area contributed by atoms with E-state index in [9.17, 15) is 40.9 Å². The van der Waals surface area contributed by atoms with Crippen molar-refractivity contribution in [1.82, 2.24) is 0 Å². The summed E-state index contributed by atoms with van der Waals surface area (Å²) >= 11 is 0. The number of aliphatic hydroxyl groups excluding tert-OH is 7. The van der Waals surface area contributed by atoms with E-state index in [1.165, 1.54) is 0 Å². The molecule has 5 aliphatic rings. The van der Waals surface area contributed by atoms with Crippen molar-refractivity contribution in [3.8, 4) is 0 Å². The first-order valence-electron chi connectivity index (χ1n) is 13.5. The highest BCUT2D eigenvalue weighted by molar-refractivity contribution is 5.21. The fourth-order valence-electron chi connectivity index (χ4n) is 9.51. The van der Waals surface area contributed by atoms with Crippen LogP contribution in [0.5, 0.6) is 0 Å². The molecule has 1 heterocycles. The molecule has 5 rings (SSSR count). The van der Waals surface area contributed by atoms with Crippen LogP contribution in [0.1, 0.15) is 58.8 Å². The van der Waals surface area contributed by atoms with Crippen LogP contribution in [-0.4, -0.2) is 109 Å². The third kappa shape index (κ3) is 3.53. The minimum atomic E-state index is -1.53. The van der Waals surface area contributed by atoms with Gasteiger partial charge in [0.15, 0.2) is 6.29 Å². The Kier molecular flexibility index (Phi) is 6.85. The number of fused-ring (bicyclic) bond motifs is 3. The summed E-state index contributed by atoms with van der Waals surface area (Å²) in [5.41, 5.74) is -2.88. The van der Waals surface area contributed by atoms with Gasteiger partial charge >= 0.3 is 0 Å². The Bertz CT molecular complexity index is 827. The molecule has 5 fully saturated rings. The van der Waals surface area contributed by atoms with Crippen LogP contribution >= 0.6 is 0 Å². The Morgan fingerprint density at radius 3 is 2.25 bits per heavy atom. The highest BCUT2D eigenvalue weighted by Crippen LogP contribution is 2.72. The minimum Gasteiger partial charge on any atom is -0.394 e. The second-order valence-electron chi connectivity index (χ2n) is 13.0. The molecule has 2 bridgehead atoms. The Morgan fingerprint density at radius 1 is 0.861 bits per heavy atom. The van der Waals surface area contributed by atoms with Crippen LogP contribution in [0.25, 0.3) is 0 Å². The SMILES string of the molecule is CC1(COC2OC(CO)C(O)C(O)C2O)C(O)CCC2(C)C1CCC13CC(CCC21)C(O)(CO)C3O. The molecule has 208 valence electrons. The summed E-state index contributed by atoms with van der Waals surface area (Å²) in [4.78, 5) is 0. The number of hydrogen-bond donors (Lipinski definition) is 8. The van der Waals surface area contributed by atoms with Crippen LogP contribution in [0, 0.1) is 34.0 Å². The molecule has 0 aromatic carbocycles. The molecule has 0 radical (unpaired) electrons. The topological polar surface area (TPSA) is 180 Å². The smallest absolute Gasteiger partial charge is 0.186 e. The molecule has 1 saturated heterocycles. The molecule has 14 unspecified atom stereocenters. The van der Waals surface area contributed by atoms with Gasteiger partial charge in [-0.15, -0.1) is 0 Å². The fraction of sp³-hybridized carbons (Fsp3) is 1.00. The van der Waals surface area contributed by atoms with Gasteiger partial charge in [0.05, 0.1) is 32.0 Å². The predicted octanol–water partition coefficient (Wildman–Crippen LogP) is -1.12. The van der Waals surface area contributed by atoms with Gasteiger partial charge in [0, 0.05) is 10.8 Å². The van der Waals surface area contributed by atoms with Crippen LogP contribution in [0.15, 0.2) is 0 Å². The summed E-state index contributed by atoms with van der Waals surface area (Å²) in [6, 6.07) is 0. The van der Waals surface area contributed by atoms with E-state index in [4.69, 9.17) is 9.47 Å². The first kappa shape index (κ1) is 27.2. The lowest BCUT2D eigenvalue weighted by molar-refractivity contribution is -0.315. The summed E-state index contributed by atoms with van der Waals surface area (Å²) in [5.74, 6) is 0.0273. The third-order valence-electron chi connectivity index (χ3n) is 11.5. The van der Waals surface area contributed by atoms with E-state index in [1.54, 1.807) is 0 Å². The zero-order valence-electron chi connectivity index (χ0n) is 21.2. The van der Waals surface area contributed by atoms with E-state index in [0.717, 1.165) is 19.3 Å². The normalized spacial score (nSPS) is 58.8. The summed E-state index contributed by atoms with van der Waals surface area (Å²) in [6.07, 6.45) is -3.52. The zero-order chi connectivity index (χ0) is 26.3. The molecule has 0 aromatic rings. The van der Waals surface area contributed by atoms with Gasteiger partial charge in [0.25, 0.3) is 0 Å². The molecule has 10 heteroatoms. The number of ether oxygens (including phenoxy) is 2. The lowest BCUT2D eigenvalue weighted by Crippen LogP contribution is -2.64. The molecule has 0 aromatic heterocycles. The number of hydrogen-bond acceptors (Lipinski definition) is 10. The van der Waals surface area contributed by atoms with E-state index >= 15 is 0 Å².